The van der Waals surface area contributed by atoms with Crippen molar-refractivity contribution in [3.8, 4) is 27.9 Å². The summed E-state index contributed by atoms with van der Waals surface area (Å²) >= 11 is 1.92. The van der Waals surface area contributed by atoms with Gasteiger partial charge < -0.3 is 13.5 Å². The van der Waals surface area contributed by atoms with Gasteiger partial charge in [0.25, 0.3) is 0 Å². The van der Waals surface area contributed by atoms with Gasteiger partial charge in [0.15, 0.2) is 5.71 Å². The number of hydrogen-bond donors (Lipinski definition) is 0. The van der Waals surface area contributed by atoms with E-state index in [4.69, 9.17) is 4.42 Å². The summed E-state index contributed by atoms with van der Waals surface area (Å²) in [6.45, 7) is 4.83. The zero-order valence-electron chi connectivity index (χ0n) is 26.3. The summed E-state index contributed by atoms with van der Waals surface area (Å²) < 4.78 is 13.4. The van der Waals surface area contributed by atoms with E-state index in [0.29, 0.717) is 0 Å². The Bertz CT molecular complexity index is 3170. The number of rotatable bonds is 0. The summed E-state index contributed by atoms with van der Waals surface area (Å²) in [5.41, 5.74) is 16.7. The fourth-order valence-electron chi connectivity index (χ4n) is 10.1. The average Bonchev–Trinajstić information content (AvgIpc) is 3.89. The van der Waals surface area contributed by atoms with Gasteiger partial charge in [0.1, 0.15) is 10.4 Å². The molecule has 0 N–H and O–H groups in total. The third kappa shape index (κ3) is 2.48. The smallest absolute Gasteiger partial charge is 0.336 e. The maximum atomic E-state index is 6.89. The van der Waals surface area contributed by atoms with Gasteiger partial charge in [0, 0.05) is 53.8 Å². The van der Waals surface area contributed by atoms with E-state index in [1.807, 2.05) is 11.3 Å². The van der Waals surface area contributed by atoms with Crippen molar-refractivity contribution in [2.24, 2.45) is 0 Å². The van der Waals surface area contributed by atoms with E-state index in [2.05, 4.69) is 138 Å². The third-order valence-corrected chi connectivity index (χ3v) is 13.0. The Kier molecular flexibility index (Phi) is 3.99. The maximum Gasteiger partial charge on any atom is 0.336 e. The molecule has 0 saturated heterocycles. The molecule has 6 heterocycles. The van der Waals surface area contributed by atoms with Crippen molar-refractivity contribution in [3.63, 3.8) is 0 Å². The first kappa shape index (κ1) is 24.6. The molecule has 222 valence electrons. The second-order valence-electron chi connectivity index (χ2n) is 14.4. The topological polar surface area (TPSA) is 23.0 Å². The molecule has 0 spiro atoms. The zero-order valence-corrected chi connectivity index (χ0v) is 27.1. The van der Waals surface area contributed by atoms with Crippen LogP contribution < -0.4 is 10.9 Å². The first-order chi connectivity index (χ1) is 23.6. The lowest BCUT2D eigenvalue weighted by atomic mass is 9.45. The predicted molar refractivity (Wildman–Crippen MR) is 202 cm³/mol. The minimum atomic E-state index is -0.153. The van der Waals surface area contributed by atoms with Crippen molar-refractivity contribution in [1.29, 1.82) is 0 Å². The van der Waals surface area contributed by atoms with E-state index >= 15 is 0 Å². The van der Waals surface area contributed by atoms with Crippen molar-refractivity contribution in [2.75, 3.05) is 0 Å². The largest absolute Gasteiger partial charge is 0.441 e. The van der Waals surface area contributed by atoms with E-state index in [1.54, 1.807) is 0 Å². The zero-order chi connectivity index (χ0) is 31.2. The maximum absolute atomic E-state index is 6.89. The second kappa shape index (κ2) is 7.78. The predicted octanol–water partition coefficient (Wildman–Crippen LogP) is 10.1. The fraction of sp³-hybridized carbons (Fsp3) is 0.0698. The normalized spacial score (nSPS) is 15.0. The monoisotopic (exact) mass is 628 g/mol. The SMILES string of the molecule is CC1(C)c2ccccc2-c2cc3c4c(c21)-c1cccc2c5c6ccccc6oc5n(c12)B4c1cccc2c4c5ccccc5sc4n-3c12. The summed E-state index contributed by atoms with van der Waals surface area (Å²) in [5.74, 6) is 0. The highest BCUT2D eigenvalue weighted by molar-refractivity contribution is 7.25. The van der Waals surface area contributed by atoms with E-state index in [-0.39, 0.29) is 12.3 Å². The lowest BCUT2D eigenvalue weighted by Crippen LogP contribution is -2.55. The highest BCUT2D eigenvalue weighted by Crippen LogP contribution is 2.56. The minimum Gasteiger partial charge on any atom is -0.441 e. The van der Waals surface area contributed by atoms with Gasteiger partial charge in [0.05, 0.1) is 10.9 Å². The van der Waals surface area contributed by atoms with Gasteiger partial charge >= 0.3 is 6.85 Å². The first-order valence-electron chi connectivity index (χ1n) is 16.8. The van der Waals surface area contributed by atoms with E-state index in [9.17, 15) is 0 Å². The van der Waals surface area contributed by atoms with Crippen molar-refractivity contribution >= 4 is 93.3 Å². The average molecular weight is 629 g/mol. The molecule has 0 bridgehead atoms. The van der Waals surface area contributed by atoms with Crippen LogP contribution in [0.5, 0.6) is 0 Å². The highest BCUT2D eigenvalue weighted by atomic mass is 32.1. The lowest BCUT2D eigenvalue weighted by molar-refractivity contribution is 0.650. The van der Waals surface area contributed by atoms with Gasteiger partial charge in [-0.25, -0.2) is 0 Å². The van der Waals surface area contributed by atoms with Gasteiger partial charge in [-0.2, -0.15) is 0 Å². The summed E-state index contributed by atoms with van der Waals surface area (Å²) in [5, 5.41) is 7.71. The molecule has 0 fully saturated rings. The van der Waals surface area contributed by atoms with Crippen LogP contribution in [0.2, 0.25) is 0 Å². The van der Waals surface area contributed by atoms with Gasteiger partial charge in [0.2, 0.25) is 0 Å². The molecule has 0 saturated carbocycles. The van der Waals surface area contributed by atoms with Crippen LogP contribution in [-0.4, -0.2) is 15.9 Å². The Hall–Kier alpha value is -5.52. The van der Waals surface area contributed by atoms with Crippen LogP contribution in [0.15, 0.2) is 120 Å². The molecule has 3 nitrogen and oxygen atoms in total. The van der Waals surface area contributed by atoms with Gasteiger partial charge in [-0.05, 0) is 56.9 Å². The van der Waals surface area contributed by atoms with Crippen molar-refractivity contribution in [2.45, 2.75) is 19.3 Å². The molecular weight excluding hydrogens is 603 g/mol. The number of furan rings is 1. The summed E-state index contributed by atoms with van der Waals surface area (Å²) in [7, 11) is 0. The number of benzene rings is 6. The molecule has 0 unspecified atom stereocenters. The van der Waals surface area contributed by atoms with Crippen molar-refractivity contribution in [3.05, 3.63) is 126 Å². The molecule has 48 heavy (non-hydrogen) atoms. The van der Waals surface area contributed by atoms with Gasteiger partial charge in [-0.15, -0.1) is 11.3 Å². The van der Waals surface area contributed by atoms with Crippen LogP contribution in [0.1, 0.15) is 25.0 Å². The molecule has 13 rings (SSSR count). The van der Waals surface area contributed by atoms with Crippen LogP contribution in [0, 0.1) is 0 Å². The standard InChI is InChI=1S/C43H25BN2OS/c1-43(2)29-17-6-3-11-22(29)28-21-31-38-36(37(28)43)27-15-9-14-25-34-23-12-4-7-19-32(23)47-41(34)46(39(25)27)44(38)30-18-10-16-26-35-24-13-5-8-20-33(24)48-42(35)45(31)40(26)30/h3-21H,1-2H3. The molecule has 0 amide bonds. The third-order valence-electron chi connectivity index (χ3n) is 11.9. The number of aromatic nitrogens is 2. The molecule has 0 radical (unpaired) electrons. The van der Waals surface area contributed by atoms with Gasteiger partial charge in [-0.3, -0.25) is 0 Å². The number of nitrogens with zero attached hydrogens (tertiary/aromatic N) is 2. The summed E-state index contributed by atoms with van der Waals surface area (Å²) in [6, 6.07) is 43.0. The Labute approximate surface area is 279 Å². The van der Waals surface area contributed by atoms with Crippen LogP contribution in [0.4, 0.5) is 0 Å². The summed E-state index contributed by atoms with van der Waals surface area (Å²) in [4.78, 5) is 1.33. The molecule has 5 heteroatoms. The van der Waals surface area contributed by atoms with Crippen LogP contribution >= 0.6 is 11.3 Å². The van der Waals surface area contributed by atoms with Crippen LogP contribution in [0.3, 0.4) is 0 Å². The second-order valence-corrected chi connectivity index (χ2v) is 15.4. The molecule has 10 aromatic rings. The van der Waals surface area contributed by atoms with Gasteiger partial charge in [-0.1, -0.05) is 111 Å². The van der Waals surface area contributed by atoms with Crippen molar-refractivity contribution < 1.29 is 4.42 Å². The molecule has 2 aliphatic heterocycles. The fourth-order valence-corrected chi connectivity index (χ4v) is 11.4. The Morgan fingerprint density at radius 2 is 1.40 bits per heavy atom. The number of hydrogen-bond acceptors (Lipinski definition) is 2. The van der Waals surface area contributed by atoms with E-state index in [1.165, 1.54) is 103 Å². The molecular formula is C43H25BN2OS. The quantitative estimate of drug-likeness (QED) is 0.153. The number of para-hydroxylation sites is 3. The number of fused-ring (bicyclic) bond motifs is 18. The van der Waals surface area contributed by atoms with E-state index in [0.717, 1.165) is 11.3 Å². The molecule has 0 atom stereocenters. The molecule has 3 aliphatic rings. The Morgan fingerprint density at radius 3 is 2.31 bits per heavy atom. The lowest BCUT2D eigenvalue weighted by Gasteiger charge is -2.36. The molecule has 6 aromatic carbocycles. The molecule has 1 aliphatic carbocycles. The highest BCUT2D eigenvalue weighted by Gasteiger charge is 2.48. The summed E-state index contributed by atoms with van der Waals surface area (Å²) in [6.07, 6.45) is 0. The Morgan fingerprint density at radius 1 is 0.667 bits per heavy atom. The van der Waals surface area contributed by atoms with E-state index < -0.39 is 0 Å². The van der Waals surface area contributed by atoms with Crippen molar-refractivity contribution in [1.82, 2.24) is 9.05 Å². The number of thiophene rings is 1. The van der Waals surface area contributed by atoms with Crippen LogP contribution in [-0.2, 0) is 5.41 Å². The van der Waals surface area contributed by atoms with Crippen LogP contribution in [0.25, 0.3) is 92.1 Å². The Balaban J connectivity index is 1.32. The minimum absolute atomic E-state index is 0.0262. The molecule has 4 aromatic heterocycles. The first-order valence-corrected chi connectivity index (χ1v) is 17.6.